The van der Waals surface area contributed by atoms with Crippen molar-refractivity contribution in [2.45, 2.75) is 4.90 Å². The van der Waals surface area contributed by atoms with Gasteiger partial charge in [0.05, 0.1) is 34.4 Å². The fraction of sp³-hybridized carbons (Fsp3) is 0.300. The maximum absolute atomic E-state index is 13.1. The Morgan fingerprint density at radius 3 is 2.45 bits per heavy atom. The van der Waals surface area contributed by atoms with Gasteiger partial charge in [0.15, 0.2) is 6.61 Å². The van der Waals surface area contributed by atoms with Crippen LogP contribution in [0, 0.1) is 5.82 Å². The molecule has 166 valence electrons. The number of hydrogen-bond donors (Lipinski definition) is 0. The molecule has 31 heavy (non-hydrogen) atoms. The zero-order valence-electron chi connectivity index (χ0n) is 16.6. The van der Waals surface area contributed by atoms with Gasteiger partial charge in [-0.1, -0.05) is 11.6 Å². The molecule has 0 saturated carbocycles. The van der Waals surface area contributed by atoms with Crippen molar-refractivity contribution in [1.29, 1.82) is 0 Å². The Morgan fingerprint density at radius 2 is 1.81 bits per heavy atom. The number of ether oxygens (including phenoxy) is 2. The third-order valence-corrected chi connectivity index (χ3v) is 6.81. The van der Waals surface area contributed by atoms with Crippen LogP contribution in [0.15, 0.2) is 47.4 Å². The molecule has 0 N–H and O–H groups in total. The molecular formula is C20H20ClFN2O6S. The number of hydrogen-bond acceptors (Lipinski definition) is 6. The second-order valence-corrected chi connectivity index (χ2v) is 9.04. The Balaban J connectivity index is 1.76. The molecule has 0 aliphatic carbocycles. The molecule has 0 radical (unpaired) electrons. The highest BCUT2D eigenvalue weighted by Gasteiger charge is 2.25. The zero-order chi connectivity index (χ0) is 22.6. The van der Waals surface area contributed by atoms with Gasteiger partial charge < -0.3 is 14.4 Å². The Hall–Kier alpha value is -2.69. The van der Waals surface area contributed by atoms with Gasteiger partial charge in [-0.2, -0.15) is 0 Å². The van der Waals surface area contributed by atoms with E-state index in [1.807, 2.05) is 0 Å². The van der Waals surface area contributed by atoms with Gasteiger partial charge in [0.1, 0.15) is 5.82 Å². The fourth-order valence-corrected chi connectivity index (χ4v) is 4.30. The maximum Gasteiger partial charge on any atom is 0.340 e. The predicted molar refractivity (Wildman–Crippen MR) is 111 cm³/mol. The lowest BCUT2D eigenvalue weighted by Gasteiger charge is -2.26. The first kappa shape index (κ1) is 23.0. The first-order chi connectivity index (χ1) is 14.7. The van der Waals surface area contributed by atoms with Crippen LogP contribution in [-0.4, -0.2) is 65.2 Å². The molecule has 1 heterocycles. The number of carbonyl (C=O) groups is 2. The van der Waals surface area contributed by atoms with Gasteiger partial charge in [0.2, 0.25) is 0 Å². The van der Waals surface area contributed by atoms with E-state index in [1.165, 1.54) is 36.2 Å². The lowest BCUT2D eigenvalue weighted by Crippen LogP contribution is -2.42. The van der Waals surface area contributed by atoms with Crippen molar-refractivity contribution in [3.63, 3.8) is 0 Å². The van der Waals surface area contributed by atoms with Gasteiger partial charge in [0.25, 0.3) is 15.9 Å². The number of sulfonamides is 1. The molecule has 3 rings (SSSR count). The number of rotatable bonds is 6. The number of nitrogens with zero attached hydrogens (tertiary/aromatic N) is 2. The lowest BCUT2D eigenvalue weighted by molar-refractivity contribution is -0.138. The second kappa shape index (κ2) is 9.63. The Morgan fingerprint density at radius 1 is 1.16 bits per heavy atom. The Bertz CT molecular complexity index is 1070. The van der Waals surface area contributed by atoms with Gasteiger partial charge in [-0.3, -0.25) is 9.10 Å². The van der Waals surface area contributed by atoms with Crippen LogP contribution in [-0.2, 0) is 24.3 Å². The third kappa shape index (κ3) is 5.33. The highest BCUT2D eigenvalue weighted by atomic mass is 35.5. The molecular weight excluding hydrogens is 451 g/mol. The van der Waals surface area contributed by atoms with E-state index in [1.54, 1.807) is 0 Å². The van der Waals surface area contributed by atoms with Gasteiger partial charge in [-0.15, -0.1) is 0 Å². The zero-order valence-corrected chi connectivity index (χ0v) is 18.2. The summed E-state index contributed by atoms with van der Waals surface area (Å²) in [7, 11) is -2.77. The van der Waals surface area contributed by atoms with E-state index in [2.05, 4.69) is 0 Å². The van der Waals surface area contributed by atoms with Crippen LogP contribution < -0.4 is 4.31 Å². The van der Waals surface area contributed by atoms with Crippen molar-refractivity contribution < 1.29 is 31.9 Å². The summed E-state index contributed by atoms with van der Waals surface area (Å²) in [6.07, 6.45) is 0. The van der Waals surface area contributed by atoms with Crippen LogP contribution in [0.1, 0.15) is 10.4 Å². The number of morpholine rings is 1. The number of benzene rings is 2. The minimum Gasteiger partial charge on any atom is -0.452 e. The number of halogens is 2. The number of amides is 1. The topological polar surface area (TPSA) is 93.2 Å². The van der Waals surface area contributed by atoms with Crippen molar-refractivity contribution >= 4 is 39.2 Å². The van der Waals surface area contributed by atoms with Crippen LogP contribution >= 0.6 is 11.6 Å². The summed E-state index contributed by atoms with van der Waals surface area (Å²) in [5.74, 6) is -1.81. The standard InChI is InChI=1S/C20H20ClFN2O6S/c1-23(15-4-2-14(22)3-5-15)31(27,28)16-6-7-18(21)17(12-16)20(26)30-13-19(25)24-8-10-29-11-9-24/h2-7,12H,8-11,13H2,1H3. The normalized spacial score (nSPS) is 14.2. The Labute approximate surface area is 184 Å². The van der Waals surface area contributed by atoms with Crippen LogP contribution in [0.25, 0.3) is 0 Å². The molecule has 1 saturated heterocycles. The maximum atomic E-state index is 13.1. The summed E-state index contributed by atoms with van der Waals surface area (Å²) >= 11 is 6.06. The monoisotopic (exact) mass is 470 g/mol. The molecule has 0 unspecified atom stereocenters. The first-order valence-corrected chi connectivity index (χ1v) is 11.1. The smallest absolute Gasteiger partial charge is 0.340 e. The number of carbonyl (C=O) groups excluding carboxylic acids is 2. The van der Waals surface area contributed by atoms with Gasteiger partial charge in [-0.25, -0.2) is 17.6 Å². The van der Waals surface area contributed by atoms with Gasteiger partial charge in [0, 0.05) is 20.1 Å². The van der Waals surface area contributed by atoms with E-state index >= 15 is 0 Å². The summed E-state index contributed by atoms with van der Waals surface area (Å²) < 4.78 is 50.2. The van der Waals surface area contributed by atoms with Crippen molar-refractivity contribution in [2.75, 3.05) is 44.3 Å². The molecule has 0 bridgehead atoms. The first-order valence-electron chi connectivity index (χ1n) is 9.27. The quantitative estimate of drug-likeness (QED) is 0.601. The van der Waals surface area contributed by atoms with Gasteiger partial charge >= 0.3 is 5.97 Å². The molecule has 1 amide bonds. The van der Waals surface area contributed by atoms with Gasteiger partial charge in [-0.05, 0) is 42.5 Å². The number of esters is 1. The van der Waals surface area contributed by atoms with Crippen LogP contribution in [0.4, 0.5) is 10.1 Å². The summed E-state index contributed by atoms with van der Waals surface area (Å²) in [6, 6.07) is 8.49. The van der Waals surface area contributed by atoms with E-state index < -0.39 is 28.4 Å². The van der Waals surface area contributed by atoms with Crippen LogP contribution in [0.2, 0.25) is 5.02 Å². The minimum absolute atomic E-state index is 0.0211. The highest BCUT2D eigenvalue weighted by Crippen LogP contribution is 2.26. The molecule has 11 heteroatoms. The molecule has 0 spiro atoms. The molecule has 1 aliphatic rings. The SMILES string of the molecule is CN(c1ccc(F)cc1)S(=O)(=O)c1ccc(Cl)c(C(=O)OCC(=O)N2CCOCC2)c1. The van der Waals surface area contributed by atoms with Crippen LogP contribution in [0.5, 0.6) is 0 Å². The van der Waals surface area contributed by atoms with E-state index in [9.17, 15) is 22.4 Å². The fourth-order valence-electron chi connectivity index (χ4n) is 2.88. The van der Waals surface area contributed by atoms with E-state index in [-0.39, 0.29) is 27.1 Å². The molecule has 2 aromatic carbocycles. The van der Waals surface area contributed by atoms with E-state index in [0.29, 0.717) is 26.3 Å². The number of anilines is 1. The van der Waals surface area contributed by atoms with Crippen molar-refractivity contribution in [2.24, 2.45) is 0 Å². The lowest BCUT2D eigenvalue weighted by atomic mass is 10.2. The summed E-state index contributed by atoms with van der Waals surface area (Å²) in [4.78, 5) is 25.9. The average molecular weight is 471 g/mol. The molecule has 1 fully saturated rings. The van der Waals surface area contributed by atoms with Crippen LogP contribution in [0.3, 0.4) is 0 Å². The predicted octanol–water partition coefficient (Wildman–Crippen LogP) is 2.32. The average Bonchev–Trinajstić information content (AvgIpc) is 2.78. The molecule has 0 aromatic heterocycles. The third-order valence-electron chi connectivity index (χ3n) is 4.70. The second-order valence-electron chi connectivity index (χ2n) is 6.66. The highest BCUT2D eigenvalue weighted by molar-refractivity contribution is 7.92. The molecule has 2 aromatic rings. The Kier molecular flexibility index (Phi) is 7.14. The summed E-state index contributed by atoms with van der Waals surface area (Å²) in [5.41, 5.74) is 0.0432. The van der Waals surface area contributed by atoms with Crippen molar-refractivity contribution in [3.8, 4) is 0 Å². The summed E-state index contributed by atoms with van der Waals surface area (Å²) in [6.45, 7) is 1.13. The largest absolute Gasteiger partial charge is 0.452 e. The molecule has 0 atom stereocenters. The van der Waals surface area contributed by atoms with E-state index in [0.717, 1.165) is 22.5 Å². The van der Waals surface area contributed by atoms with Crippen molar-refractivity contribution in [1.82, 2.24) is 4.90 Å². The van der Waals surface area contributed by atoms with E-state index in [4.69, 9.17) is 21.1 Å². The molecule has 8 nitrogen and oxygen atoms in total. The van der Waals surface area contributed by atoms with Crippen molar-refractivity contribution in [3.05, 3.63) is 58.9 Å². The summed E-state index contributed by atoms with van der Waals surface area (Å²) in [5, 5.41) is -0.0211. The molecule has 1 aliphatic heterocycles. The minimum atomic E-state index is -4.07.